The van der Waals surface area contributed by atoms with Gasteiger partial charge in [-0.2, -0.15) is 0 Å². The van der Waals surface area contributed by atoms with Gasteiger partial charge >= 0.3 is 0 Å². The Labute approximate surface area is 128 Å². The summed E-state index contributed by atoms with van der Waals surface area (Å²) in [5.41, 5.74) is 3.00. The molecule has 3 nitrogen and oxygen atoms in total. The molecule has 3 rings (SSSR count). The van der Waals surface area contributed by atoms with Gasteiger partial charge in [0.25, 0.3) is 0 Å². The Morgan fingerprint density at radius 2 is 2.00 bits per heavy atom. The highest BCUT2D eigenvalue weighted by Crippen LogP contribution is 2.35. The van der Waals surface area contributed by atoms with Crippen LogP contribution >= 0.6 is 0 Å². The number of rotatable bonds is 3. The first-order valence-corrected chi connectivity index (χ1v) is 8.33. The Balaban J connectivity index is 1.85. The summed E-state index contributed by atoms with van der Waals surface area (Å²) in [6.45, 7) is 5.24. The van der Waals surface area contributed by atoms with E-state index in [0.29, 0.717) is 18.2 Å². The van der Waals surface area contributed by atoms with E-state index >= 15 is 0 Å². The Morgan fingerprint density at radius 1 is 1.24 bits per heavy atom. The predicted octanol–water partition coefficient (Wildman–Crippen LogP) is 3.33. The topological polar surface area (TPSA) is 24.5 Å². The van der Waals surface area contributed by atoms with Crippen molar-refractivity contribution in [2.75, 3.05) is 25.1 Å². The smallest absolute Gasteiger partial charge is 0.0733 e. The first-order valence-electron chi connectivity index (χ1n) is 8.33. The van der Waals surface area contributed by atoms with E-state index in [1.165, 1.54) is 43.4 Å². The maximum Gasteiger partial charge on any atom is 0.0733 e. The van der Waals surface area contributed by atoms with Crippen molar-refractivity contribution in [3.63, 3.8) is 0 Å². The molecule has 2 fully saturated rings. The summed E-state index contributed by atoms with van der Waals surface area (Å²) >= 11 is 0. The molecule has 1 aliphatic heterocycles. The fourth-order valence-corrected chi connectivity index (χ4v) is 3.97. The summed E-state index contributed by atoms with van der Waals surface area (Å²) in [4.78, 5) is 2.61. The number of anilines is 1. The van der Waals surface area contributed by atoms with Gasteiger partial charge in [-0.25, -0.2) is 0 Å². The summed E-state index contributed by atoms with van der Waals surface area (Å²) in [6, 6.07) is 9.25. The number of nitrogens with one attached hydrogen (secondary N) is 1. The van der Waals surface area contributed by atoms with Crippen molar-refractivity contribution >= 4 is 5.69 Å². The zero-order chi connectivity index (χ0) is 14.7. The van der Waals surface area contributed by atoms with Crippen LogP contribution in [0, 0.1) is 0 Å². The molecule has 1 saturated heterocycles. The van der Waals surface area contributed by atoms with Crippen molar-refractivity contribution < 1.29 is 4.74 Å². The number of hydrogen-bond acceptors (Lipinski definition) is 3. The van der Waals surface area contributed by atoms with Crippen LogP contribution in [0.1, 0.15) is 44.6 Å². The number of nitrogens with zero attached hydrogens (tertiary/aromatic N) is 1. The zero-order valence-electron chi connectivity index (χ0n) is 13.4. The zero-order valence-corrected chi connectivity index (χ0v) is 13.4. The molecule has 1 aromatic rings. The minimum atomic E-state index is 0.338. The second-order valence-corrected chi connectivity index (χ2v) is 6.76. The van der Waals surface area contributed by atoms with Crippen molar-refractivity contribution in [1.29, 1.82) is 0 Å². The Hall–Kier alpha value is -1.06. The van der Waals surface area contributed by atoms with E-state index in [1.54, 1.807) is 7.11 Å². The summed E-state index contributed by atoms with van der Waals surface area (Å²) in [5, 5.41) is 3.86. The molecule has 0 aromatic heterocycles. The van der Waals surface area contributed by atoms with Gasteiger partial charge in [-0.05, 0) is 25.8 Å². The molecule has 0 radical (unpaired) electrons. The summed E-state index contributed by atoms with van der Waals surface area (Å²) in [7, 11) is 1.78. The second-order valence-electron chi connectivity index (χ2n) is 6.76. The van der Waals surface area contributed by atoms with E-state index in [9.17, 15) is 0 Å². The van der Waals surface area contributed by atoms with Gasteiger partial charge in [0.05, 0.1) is 6.61 Å². The van der Waals surface area contributed by atoms with Crippen LogP contribution in [0.3, 0.4) is 0 Å². The van der Waals surface area contributed by atoms with E-state index in [-0.39, 0.29) is 0 Å². The predicted molar refractivity (Wildman–Crippen MR) is 87.8 cm³/mol. The summed E-state index contributed by atoms with van der Waals surface area (Å²) < 4.78 is 5.39. The molecule has 1 heterocycles. The van der Waals surface area contributed by atoms with Crippen molar-refractivity contribution in [3.8, 4) is 0 Å². The van der Waals surface area contributed by atoms with Crippen LogP contribution in [-0.2, 0) is 11.3 Å². The molecule has 1 saturated carbocycles. The molecule has 0 amide bonds. The molecule has 1 atom stereocenters. The molecule has 1 unspecified atom stereocenters. The highest BCUT2D eigenvalue weighted by molar-refractivity contribution is 5.55. The van der Waals surface area contributed by atoms with Crippen LogP contribution in [0.4, 0.5) is 5.69 Å². The largest absolute Gasteiger partial charge is 0.380 e. The van der Waals surface area contributed by atoms with Crippen LogP contribution in [0.25, 0.3) is 0 Å². The Bertz CT molecular complexity index is 468. The molecule has 2 aliphatic rings. The van der Waals surface area contributed by atoms with Crippen LogP contribution in [0.5, 0.6) is 0 Å². The van der Waals surface area contributed by atoms with Crippen molar-refractivity contribution in [3.05, 3.63) is 29.8 Å². The van der Waals surface area contributed by atoms with Gasteiger partial charge in [-0.3, -0.25) is 0 Å². The molecule has 3 heteroatoms. The third-order valence-electron chi connectivity index (χ3n) is 5.19. The number of benzene rings is 1. The standard InChI is InChI=1S/C18H28N2O/c1-15-12-19-18(10-6-3-7-11-18)14-20(15)17-9-5-4-8-16(17)13-21-2/h4-5,8-9,15,19H,3,6-7,10-14H2,1-2H3. The number of piperazine rings is 1. The van der Waals surface area contributed by atoms with Gasteiger partial charge in [0, 0.05) is 43.0 Å². The summed E-state index contributed by atoms with van der Waals surface area (Å²) in [5.74, 6) is 0. The van der Waals surface area contributed by atoms with E-state index in [0.717, 1.165) is 13.1 Å². The maximum atomic E-state index is 5.39. The van der Waals surface area contributed by atoms with E-state index < -0.39 is 0 Å². The van der Waals surface area contributed by atoms with E-state index in [4.69, 9.17) is 4.74 Å². The third-order valence-corrected chi connectivity index (χ3v) is 5.19. The van der Waals surface area contributed by atoms with Gasteiger partial charge in [0.15, 0.2) is 0 Å². The first kappa shape index (κ1) is 14.9. The second kappa shape index (κ2) is 6.37. The van der Waals surface area contributed by atoms with Crippen molar-refractivity contribution in [2.45, 2.75) is 57.2 Å². The van der Waals surface area contributed by atoms with Gasteiger partial charge in [0.2, 0.25) is 0 Å². The van der Waals surface area contributed by atoms with Gasteiger partial charge < -0.3 is 15.0 Å². The lowest BCUT2D eigenvalue weighted by atomic mass is 9.79. The molecular weight excluding hydrogens is 260 g/mol. The number of hydrogen-bond donors (Lipinski definition) is 1. The monoisotopic (exact) mass is 288 g/mol. The van der Waals surface area contributed by atoms with Gasteiger partial charge in [-0.1, -0.05) is 37.5 Å². The summed E-state index contributed by atoms with van der Waals surface area (Å²) in [6.07, 6.45) is 6.79. The highest BCUT2D eigenvalue weighted by atomic mass is 16.5. The van der Waals surface area contributed by atoms with Crippen molar-refractivity contribution in [2.24, 2.45) is 0 Å². The molecule has 1 spiro atoms. The van der Waals surface area contributed by atoms with Crippen LogP contribution < -0.4 is 10.2 Å². The Kier molecular flexibility index (Phi) is 4.51. The molecule has 0 bridgehead atoms. The third kappa shape index (κ3) is 3.09. The van der Waals surface area contributed by atoms with Crippen molar-refractivity contribution in [1.82, 2.24) is 5.32 Å². The highest BCUT2D eigenvalue weighted by Gasteiger charge is 2.39. The average molecular weight is 288 g/mol. The van der Waals surface area contributed by atoms with Gasteiger partial charge in [0.1, 0.15) is 0 Å². The van der Waals surface area contributed by atoms with Crippen LogP contribution in [-0.4, -0.2) is 31.8 Å². The molecule has 21 heavy (non-hydrogen) atoms. The lowest BCUT2D eigenvalue weighted by Crippen LogP contribution is -2.64. The Morgan fingerprint density at radius 3 is 2.76 bits per heavy atom. The van der Waals surface area contributed by atoms with Crippen LogP contribution in [0.15, 0.2) is 24.3 Å². The first-order chi connectivity index (χ1) is 10.2. The fraction of sp³-hybridized carbons (Fsp3) is 0.667. The average Bonchev–Trinajstić information content (AvgIpc) is 2.52. The fourth-order valence-electron chi connectivity index (χ4n) is 3.97. The van der Waals surface area contributed by atoms with E-state index in [2.05, 4.69) is 41.4 Å². The quantitative estimate of drug-likeness (QED) is 0.923. The number of methoxy groups -OCH3 is 1. The minimum Gasteiger partial charge on any atom is -0.380 e. The lowest BCUT2D eigenvalue weighted by molar-refractivity contribution is 0.182. The number of para-hydroxylation sites is 1. The number of ether oxygens (including phenoxy) is 1. The van der Waals surface area contributed by atoms with Gasteiger partial charge in [-0.15, -0.1) is 0 Å². The van der Waals surface area contributed by atoms with Crippen LogP contribution in [0.2, 0.25) is 0 Å². The maximum absolute atomic E-state index is 5.39. The van der Waals surface area contributed by atoms with E-state index in [1.807, 2.05) is 0 Å². The molecule has 1 aromatic carbocycles. The molecule has 1 aliphatic carbocycles. The SMILES string of the molecule is COCc1ccccc1N1CC2(CCCCC2)NCC1C. The molecular formula is C18H28N2O. The minimum absolute atomic E-state index is 0.338. The lowest BCUT2D eigenvalue weighted by Gasteiger charge is -2.50. The normalized spacial score (nSPS) is 25.2. The molecule has 1 N–H and O–H groups in total. The molecule has 116 valence electrons.